The van der Waals surface area contributed by atoms with Gasteiger partial charge in [-0.3, -0.25) is 4.79 Å². The third-order valence-corrected chi connectivity index (χ3v) is 7.75. The van der Waals surface area contributed by atoms with Crippen LogP contribution in [-0.4, -0.2) is 28.8 Å². The zero-order valence-electron chi connectivity index (χ0n) is 19.1. The molecule has 0 fully saturated rings. The average molecular weight is 559 g/mol. The first kappa shape index (κ1) is 22.6. The van der Waals surface area contributed by atoms with Crippen LogP contribution in [0.25, 0.3) is 5.57 Å². The fourth-order valence-corrected chi connectivity index (χ4v) is 5.82. The fraction of sp³-hybridized carbons (Fsp3) is 0.111. The summed E-state index contributed by atoms with van der Waals surface area (Å²) in [5.41, 5.74) is 3.33. The molecule has 2 aliphatic heterocycles. The second-order valence-electron chi connectivity index (χ2n) is 8.35. The zero-order valence-corrected chi connectivity index (χ0v) is 21.5. The molecule has 0 radical (unpaired) electrons. The Morgan fingerprint density at radius 3 is 2.61 bits per heavy atom. The van der Waals surface area contributed by atoms with Gasteiger partial charge in [0.05, 0.1) is 29.8 Å². The number of amides is 1. The molecule has 1 N–H and O–H groups in total. The second kappa shape index (κ2) is 9.00. The largest absolute Gasteiger partial charge is 0.497 e. The minimum atomic E-state index is -0.393. The topological polar surface area (TPSA) is 87.4 Å². The van der Waals surface area contributed by atoms with Gasteiger partial charge in [0.1, 0.15) is 10.6 Å². The highest BCUT2D eigenvalue weighted by Crippen LogP contribution is 2.43. The number of benzene rings is 3. The van der Waals surface area contributed by atoms with Crippen molar-refractivity contribution in [3.8, 4) is 11.6 Å². The summed E-state index contributed by atoms with van der Waals surface area (Å²) in [4.78, 5) is 21.8. The summed E-state index contributed by atoms with van der Waals surface area (Å²) >= 11 is 4.69. The maximum Gasteiger partial charge on any atom is 0.279 e. The number of hydrogen-bond acceptors (Lipinski definition) is 7. The van der Waals surface area contributed by atoms with E-state index in [4.69, 9.17) is 9.84 Å². The number of carbonyl (C=O) groups is 1. The lowest BCUT2D eigenvalue weighted by Crippen LogP contribution is -2.22. The van der Waals surface area contributed by atoms with Crippen LogP contribution in [-0.2, 0) is 4.79 Å². The molecule has 1 amide bonds. The van der Waals surface area contributed by atoms with Gasteiger partial charge in [-0.15, -0.1) is 0 Å². The smallest absolute Gasteiger partial charge is 0.279 e. The zero-order chi connectivity index (χ0) is 24.8. The minimum Gasteiger partial charge on any atom is -0.497 e. The number of aromatic nitrogens is 1. The van der Waals surface area contributed by atoms with E-state index >= 15 is 0 Å². The first-order valence-electron chi connectivity index (χ1n) is 11.2. The molecule has 0 saturated heterocycles. The monoisotopic (exact) mass is 558 g/mol. The quantitative estimate of drug-likeness (QED) is 0.394. The van der Waals surface area contributed by atoms with E-state index in [9.17, 15) is 9.90 Å². The summed E-state index contributed by atoms with van der Waals surface area (Å²) in [6, 6.07) is 23.2. The van der Waals surface area contributed by atoms with E-state index < -0.39 is 5.91 Å². The lowest BCUT2D eigenvalue weighted by Gasteiger charge is -2.21. The molecule has 3 heterocycles. The van der Waals surface area contributed by atoms with Crippen molar-refractivity contribution >= 4 is 49.6 Å². The van der Waals surface area contributed by atoms with Gasteiger partial charge in [-0.25, -0.2) is 10.0 Å². The van der Waals surface area contributed by atoms with Crippen molar-refractivity contribution in [1.82, 2.24) is 4.98 Å². The number of halogens is 1. The standard InChI is InChI=1S/C27H19BrN4O3S/c1-35-18-10-7-16(8-11-18)22-14-21(15-5-3-2-4-6-15)31-32(22)27-30-26(34)24(36-27)23-19-13-17(28)9-12-20(19)29-25(23)33/h2-13,22,34H,14H2,1H3. The number of hydrogen-bond donors (Lipinski definition) is 1. The number of methoxy groups -OCH3 is 1. The fourth-order valence-electron chi connectivity index (χ4n) is 4.45. The summed E-state index contributed by atoms with van der Waals surface area (Å²) in [5.74, 6) is 0.166. The summed E-state index contributed by atoms with van der Waals surface area (Å²) in [6.07, 6.45) is 0.659. The Bertz CT molecular complexity index is 1650. The van der Waals surface area contributed by atoms with Crippen LogP contribution in [0.1, 0.15) is 28.5 Å². The van der Waals surface area contributed by atoms with Crippen molar-refractivity contribution in [1.29, 1.82) is 0 Å². The van der Waals surface area contributed by atoms with Crippen LogP contribution >= 0.6 is 27.3 Å². The molecule has 36 heavy (non-hydrogen) atoms. The Kier molecular flexibility index (Phi) is 5.66. The van der Waals surface area contributed by atoms with Crippen molar-refractivity contribution in [2.24, 2.45) is 10.1 Å². The maximum absolute atomic E-state index is 12.8. The van der Waals surface area contributed by atoms with Crippen molar-refractivity contribution in [2.75, 3.05) is 12.1 Å². The van der Waals surface area contributed by atoms with Gasteiger partial charge in [-0.05, 0) is 41.5 Å². The molecule has 2 aliphatic rings. The Hall–Kier alpha value is -3.82. The van der Waals surface area contributed by atoms with Gasteiger partial charge in [0, 0.05) is 16.1 Å². The van der Waals surface area contributed by atoms with E-state index in [1.165, 1.54) is 11.3 Å². The number of ether oxygens (including phenoxy) is 1. The number of fused-ring (bicyclic) bond motifs is 1. The molecule has 178 valence electrons. The summed E-state index contributed by atoms with van der Waals surface area (Å²) in [5, 5.41) is 19.3. The van der Waals surface area contributed by atoms with Crippen LogP contribution in [0.2, 0.25) is 0 Å². The summed E-state index contributed by atoms with van der Waals surface area (Å²) in [6.45, 7) is 0. The SMILES string of the molecule is COc1ccc(C2CC(c3ccccc3)=NN2c2nc(O)c(C3=c4cc(Br)ccc4=NC3=O)s2)cc1. The molecule has 1 atom stereocenters. The third kappa shape index (κ3) is 3.90. The minimum absolute atomic E-state index is 0.139. The first-order valence-corrected chi connectivity index (χ1v) is 12.8. The molecule has 0 spiro atoms. The van der Waals surface area contributed by atoms with Gasteiger partial charge < -0.3 is 9.84 Å². The number of rotatable bonds is 5. The van der Waals surface area contributed by atoms with Crippen LogP contribution in [0.3, 0.4) is 0 Å². The molecule has 9 heteroatoms. The van der Waals surface area contributed by atoms with E-state index in [-0.39, 0.29) is 11.9 Å². The normalized spacial score (nSPS) is 16.7. The molecular formula is C27H19BrN4O3S. The van der Waals surface area contributed by atoms with Crippen molar-refractivity contribution in [3.05, 3.63) is 104 Å². The van der Waals surface area contributed by atoms with Crippen LogP contribution in [0.15, 0.2) is 87.4 Å². The highest BCUT2D eigenvalue weighted by Gasteiger charge is 2.34. The van der Waals surface area contributed by atoms with Crippen molar-refractivity contribution < 1.29 is 14.6 Å². The van der Waals surface area contributed by atoms with Crippen molar-refractivity contribution in [2.45, 2.75) is 12.5 Å². The Balaban J connectivity index is 1.46. The van der Waals surface area contributed by atoms with E-state index in [1.807, 2.05) is 71.7 Å². The van der Waals surface area contributed by atoms with Crippen LogP contribution < -0.4 is 20.3 Å². The van der Waals surface area contributed by atoms with Crippen molar-refractivity contribution in [3.63, 3.8) is 0 Å². The average Bonchev–Trinajstić information content (AvgIpc) is 3.59. The van der Waals surface area contributed by atoms with E-state index in [2.05, 4.69) is 25.9 Å². The predicted molar refractivity (Wildman–Crippen MR) is 142 cm³/mol. The molecule has 0 bridgehead atoms. The third-order valence-electron chi connectivity index (χ3n) is 6.20. The highest BCUT2D eigenvalue weighted by molar-refractivity contribution is 9.10. The van der Waals surface area contributed by atoms with Gasteiger partial charge in [0.25, 0.3) is 5.91 Å². The molecule has 3 aromatic carbocycles. The molecule has 1 unspecified atom stereocenters. The maximum atomic E-state index is 12.8. The molecule has 1 aromatic heterocycles. The number of aromatic hydroxyl groups is 1. The summed E-state index contributed by atoms with van der Waals surface area (Å²) in [7, 11) is 1.64. The molecule has 7 nitrogen and oxygen atoms in total. The number of hydrazone groups is 1. The van der Waals surface area contributed by atoms with E-state index in [0.717, 1.165) is 27.1 Å². The van der Waals surface area contributed by atoms with Gasteiger partial charge in [0.2, 0.25) is 11.0 Å². The van der Waals surface area contributed by atoms with Gasteiger partial charge in [0.15, 0.2) is 0 Å². The molecule has 0 aliphatic carbocycles. The summed E-state index contributed by atoms with van der Waals surface area (Å²) < 4.78 is 6.15. The lowest BCUT2D eigenvalue weighted by molar-refractivity contribution is -0.112. The van der Waals surface area contributed by atoms with Crippen LogP contribution in [0, 0.1) is 0 Å². The van der Waals surface area contributed by atoms with Crippen LogP contribution in [0.5, 0.6) is 11.6 Å². The predicted octanol–water partition coefficient (Wildman–Crippen LogP) is 4.33. The number of nitrogens with zero attached hydrogens (tertiary/aromatic N) is 4. The number of carbonyl (C=O) groups excluding carboxylic acids is 1. The Morgan fingerprint density at radius 1 is 1.08 bits per heavy atom. The van der Waals surface area contributed by atoms with Gasteiger partial charge in [-0.1, -0.05) is 69.7 Å². The lowest BCUT2D eigenvalue weighted by atomic mass is 9.98. The molecule has 6 rings (SSSR count). The number of thiazole rings is 1. The van der Waals surface area contributed by atoms with Gasteiger partial charge in [-0.2, -0.15) is 10.1 Å². The highest BCUT2D eigenvalue weighted by atomic mass is 79.9. The van der Waals surface area contributed by atoms with Gasteiger partial charge >= 0.3 is 0 Å². The Labute approximate surface area is 218 Å². The molecule has 4 aromatic rings. The first-order chi connectivity index (χ1) is 17.5. The Morgan fingerprint density at radius 2 is 1.86 bits per heavy atom. The van der Waals surface area contributed by atoms with E-state index in [1.54, 1.807) is 13.2 Å². The number of anilines is 1. The van der Waals surface area contributed by atoms with Crippen LogP contribution in [0.4, 0.5) is 5.13 Å². The van der Waals surface area contributed by atoms with E-state index in [0.29, 0.717) is 32.6 Å². The second-order valence-corrected chi connectivity index (χ2v) is 10.2. The molecule has 0 saturated carbocycles. The molecular weight excluding hydrogens is 540 g/mol.